The van der Waals surface area contributed by atoms with Crippen molar-refractivity contribution in [3.8, 4) is 0 Å². The van der Waals surface area contributed by atoms with Gasteiger partial charge in [-0.05, 0) is 11.5 Å². The van der Waals surface area contributed by atoms with Gasteiger partial charge in [-0.2, -0.15) is 0 Å². The number of hydrogen-bond donors (Lipinski definition) is 2. The van der Waals surface area contributed by atoms with E-state index in [2.05, 4.69) is 46.8 Å². The molecule has 1 unspecified atom stereocenters. The van der Waals surface area contributed by atoms with Gasteiger partial charge in [-0.1, -0.05) is 37.3 Å². The monoisotopic (exact) mass is 203 g/mol. The Morgan fingerprint density at radius 1 is 1.40 bits per heavy atom. The number of benzene rings is 1. The molecular formula is C12H17N3. The molecule has 1 aliphatic heterocycles. The van der Waals surface area contributed by atoms with Gasteiger partial charge in [-0.3, -0.25) is 4.99 Å². The number of aliphatic imine (C=N–C) groups is 1. The molecular weight excluding hydrogens is 186 g/mol. The zero-order valence-electron chi connectivity index (χ0n) is 9.03. The predicted molar refractivity (Wildman–Crippen MR) is 62.8 cm³/mol. The second kappa shape index (κ2) is 4.82. The first-order chi connectivity index (χ1) is 7.34. The van der Waals surface area contributed by atoms with Gasteiger partial charge in [-0.15, -0.1) is 0 Å². The molecule has 0 saturated carbocycles. The van der Waals surface area contributed by atoms with Crippen LogP contribution in [0.15, 0.2) is 35.3 Å². The molecule has 1 aromatic carbocycles. The minimum atomic E-state index is 0.646. The van der Waals surface area contributed by atoms with Crippen LogP contribution in [-0.2, 0) is 6.54 Å². The maximum absolute atomic E-state index is 4.42. The summed E-state index contributed by atoms with van der Waals surface area (Å²) in [6.07, 6.45) is 0. The number of nitrogens with zero attached hydrogens (tertiary/aromatic N) is 1. The van der Waals surface area contributed by atoms with E-state index in [1.165, 1.54) is 5.56 Å². The van der Waals surface area contributed by atoms with Crippen molar-refractivity contribution < 1.29 is 0 Å². The van der Waals surface area contributed by atoms with Gasteiger partial charge in [0.1, 0.15) is 0 Å². The van der Waals surface area contributed by atoms with E-state index >= 15 is 0 Å². The molecule has 0 saturated heterocycles. The van der Waals surface area contributed by atoms with Crippen LogP contribution in [0.2, 0.25) is 0 Å². The van der Waals surface area contributed by atoms with Gasteiger partial charge in [0.15, 0.2) is 5.96 Å². The molecule has 3 heteroatoms. The van der Waals surface area contributed by atoms with Crippen LogP contribution < -0.4 is 10.6 Å². The molecule has 80 valence electrons. The number of hydrogen-bond acceptors (Lipinski definition) is 3. The van der Waals surface area contributed by atoms with E-state index in [0.29, 0.717) is 5.92 Å². The zero-order valence-corrected chi connectivity index (χ0v) is 9.03. The van der Waals surface area contributed by atoms with Gasteiger partial charge in [0.05, 0.1) is 0 Å². The molecule has 3 nitrogen and oxygen atoms in total. The molecule has 0 aliphatic carbocycles. The second-order valence-corrected chi connectivity index (χ2v) is 4.01. The topological polar surface area (TPSA) is 36.4 Å². The summed E-state index contributed by atoms with van der Waals surface area (Å²) in [7, 11) is 0. The van der Waals surface area contributed by atoms with E-state index in [1.807, 2.05) is 6.07 Å². The number of rotatable bonds is 2. The summed E-state index contributed by atoms with van der Waals surface area (Å²) < 4.78 is 0. The van der Waals surface area contributed by atoms with Crippen molar-refractivity contribution in [2.24, 2.45) is 10.9 Å². The van der Waals surface area contributed by atoms with Gasteiger partial charge in [0, 0.05) is 19.6 Å². The predicted octanol–water partition coefficient (Wildman–Crippen LogP) is 1.37. The molecule has 1 aromatic rings. The van der Waals surface area contributed by atoms with Gasteiger partial charge in [0.25, 0.3) is 0 Å². The Hall–Kier alpha value is -1.51. The molecule has 0 radical (unpaired) electrons. The Morgan fingerprint density at radius 2 is 2.20 bits per heavy atom. The third-order valence-corrected chi connectivity index (χ3v) is 2.48. The summed E-state index contributed by atoms with van der Waals surface area (Å²) in [5, 5.41) is 6.58. The molecule has 1 aliphatic rings. The summed E-state index contributed by atoms with van der Waals surface area (Å²) >= 11 is 0. The zero-order chi connectivity index (χ0) is 10.5. The molecule has 15 heavy (non-hydrogen) atoms. The highest BCUT2D eigenvalue weighted by molar-refractivity contribution is 5.80. The first kappa shape index (κ1) is 10.0. The highest BCUT2D eigenvalue weighted by Crippen LogP contribution is 2.00. The smallest absolute Gasteiger partial charge is 0.191 e. The lowest BCUT2D eigenvalue weighted by Crippen LogP contribution is -2.43. The highest BCUT2D eigenvalue weighted by atomic mass is 15.2. The number of nitrogens with one attached hydrogen (secondary N) is 2. The molecule has 2 rings (SSSR count). The normalized spacial score (nSPS) is 20.3. The van der Waals surface area contributed by atoms with Gasteiger partial charge in [0.2, 0.25) is 0 Å². The second-order valence-electron chi connectivity index (χ2n) is 4.01. The molecule has 0 bridgehead atoms. The van der Waals surface area contributed by atoms with Gasteiger partial charge >= 0.3 is 0 Å². The van der Waals surface area contributed by atoms with Crippen LogP contribution in [0.3, 0.4) is 0 Å². The van der Waals surface area contributed by atoms with Crippen LogP contribution in [-0.4, -0.2) is 19.0 Å². The third kappa shape index (κ3) is 2.98. The maximum atomic E-state index is 4.42. The van der Waals surface area contributed by atoms with Crippen molar-refractivity contribution in [1.82, 2.24) is 10.6 Å². The fourth-order valence-electron chi connectivity index (χ4n) is 1.54. The molecule has 2 N–H and O–H groups in total. The van der Waals surface area contributed by atoms with E-state index < -0.39 is 0 Å². The van der Waals surface area contributed by atoms with Crippen molar-refractivity contribution in [1.29, 1.82) is 0 Å². The largest absolute Gasteiger partial charge is 0.356 e. The lowest BCUT2D eigenvalue weighted by molar-refractivity contribution is 0.542. The Kier molecular flexibility index (Phi) is 3.22. The van der Waals surface area contributed by atoms with E-state index in [4.69, 9.17) is 0 Å². The Bertz CT molecular complexity index is 332. The Morgan fingerprint density at radius 3 is 2.87 bits per heavy atom. The maximum Gasteiger partial charge on any atom is 0.191 e. The summed E-state index contributed by atoms with van der Waals surface area (Å²) in [6.45, 7) is 4.97. The fraction of sp³-hybridized carbons (Fsp3) is 0.417. The first-order valence-electron chi connectivity index (χ1n) is 5.41. The van der Waals surface area contributed by atoms with Crippen molar-refractivity contribution >= 4 is 5.96 Å². The SMILES string of the molecule is CC1CN=C(NCc2ccccc2)NC1. The van der Waals surface area contributed by atoms with Crippen LogP contribution >= 0.6 is 0 Å². The summed E-state index contributed by atoms with van der Waals surface area (Å²) in [5.74, 6) is 1.57. The van der Waals surface area contributed by atoms with E-state index in [0.717, 1.165) is 25.6 Å². The van der Waals surface area contributed by atoms with Crippen molar-refractivity contribution in [3.63, 3.8) is 0 Å². The van der Waals surface area contributed by atoms with Crippen molar-refractivity contribution in [2.45, 2.75) is 13.5 Å². The van der Waals surface area contributed by atoms with Crippen LogP contribution in [0.1, 0.15) is 12.5 Å². The van der Waals surface area contributed by atoms with Crippen LogP contribution in [0.25, 0.3) is 0 Å². The Labute approximate surface area is 90.6 Å². The molecule has 0 amide bonds. The van der Waals surface area contributed by atoms with Gasteiger partial charge in [-0.25, -0.2) is 0 Å². The van der Waals surface area contributed by atoms with Crippen molar-refractivity contribution in [3.05, 3.63) is 35.9 Å². The number of guanidine groups is 1. The highest BCUT2D eigenvalue weighted by Gasteiger charge is 2.09. The molecule has 0 aromatic heterocycles. The van der Waals surface area contributed by atoms with E-state index in [9.17, 15) is 0 Å². The van der Waals surface area contributed by atoms with Gasteiger partial charge < -0.3 is 10.6 Å². The lowest BCUT2D eigenvalue weighted by atomic mass is 10.1. The minimum Gasteiger partial charge on any atom is -0.356 e. The Balaban J connectivity index is 1.84. The van der Waals surface area contributed by atoms with Crippen LogP contribution in [0.4, 0.5) is 0 Å². The summed E-state index contributed by atoms with van der Waals surface area (Å²) in [5.41, 5.74) is 1.28. The minimum absolute atomic E-state index is 0.646. The standard InChI is InChI=1S/C12H17N3/c1-10-7-13-12(14-8-10)15-9-11-5-3-2-4-6-11/h2-6,10H,7-9H2,1H3,(H2,13,14,15). The summed E-state index contributed by atoms with van der Waals surface area (Å²) in [4.78, 5) is 4.42. The quantitative estimate of drug-likeness (QED) is 0.761. The van der Waals surface area contributed by atoms with Crippen LogP contribution in [0.5, 0.6) is 0 Å². The molecule has 1 atom stereocenters. The summed E-state index contributed by atoms with van der Waals surface area (Å²) in [6, 6.07) is 10.4. The van der Waals surface area contributed by atoms with E-state index in [-0.39, 0.29) is 0 Å². The molecule has 0 fully saturated rings. The molecule has 0 spiro atoms. The van der Waals surface area contributed by atoms with E-state index in [1.54, 1.807) is 0 Å². The average molecular weight is 203 g/mol. The third-order valence-electron chi connectivity index (χ3n) is 2.48. The van der Waals surface area contributed by atoms with Crippen molar-refractivity contribution in [2.75, 3.05) is 13.1 Å². The fourth-order valence-corrected chi connectivity index (χ4v) is 1.54. The first-order valence-corrected chi connectivity index (χ1v) is 5.41. The molecule has 1 heterocycles. The van der Waals surface area contributed by atoms with Crippen LogP contribution in [0, 0.1) is 5.92 Å². The average Bonchev–Trinajstić information content (AvgIpc) is 2.30. The lowest BCUT2D eigenvalue weighted by Gasteiger charge is -2.20.